The Morgan fingerprint density at radius 2 is 1.19 bits per heavy atom. The van der Waals surface area contributed by atoms with Gasteiger partial charge in [-0.1, -0.05) is 71.9 Å². The van der Waals surface area contributed by atoms with Crippen LogP contribution in [0.1, 0.15) is 92.6 Å². The van der Waals surface area contributed by atoms with Crippen molar-refractivity contribution in [3.05, 3.63) is 35.9 Å². The predicted molar refractivity (Wildman–Crippen MR) is 221 cm³/mol. The van der Waals surface area contributed by atoms with Crippen molar-refractivity contribution in [1.29, 1.82) is 0 Å². The van der Waals surface area contributed by atoms with Crippen molar-refractivity contribution in [3.63, 3.8) is 0 Å². The number of hydrogen-bond donors (Lipinski definition) is 10. The van der Waals surface area contributed by atoms with Crippen LogP contribution in [-0.4, -0.2) is 117 Å². The highest BCUT2D eigenvalue weighted by atomic mass is 16.5. The highest BCUT2D eigenvalue weighted by Gasteiger charge is 2.35. The molecule has 7 atom stereocenters. The van der Waals surface area contributed by atoms with E-state index in [1.165, 1.54) is 6.92 Å². The van der Waals surface area contributed by atoms with Crippen LogP contribution in [-0.2, 0) is 54.5 Å². The number of aliphatic carboxylic acids is 2. The van der Waals surface area contributed by atoms with E-state index in [1.54, 1.807) is 71.9 Å². The van der Waals surface area contributed by atoms with Crippen LogP contribution < -0.4 is 37.6 Å². The van der Waals surface area contributed by atoms with Crippen LogP contribution in [0.3, 0.4) is 0 Å². The Balaban J connectivity index is 3.38. The summed E-state index contributed by atoms with van der Waals surface area (Å²) in [5.74, 6) is -11.5. The standard InChI is InChI=1S/C41H63N7O14/c1-21(2)15-27(44-38(58)29(18-33(54)55)46-40(60)34(23(5)6)47-31(51)13-14-32(52)53)30(50)17-26(37(57)45-28(36(42)56)16-22(3)4)19-43-39(59)35(24(7)49)48-41(61)62-20-25-11-9-8-10-12-25/h8-12,21-24,26-29,34-35,49H,13-20H2,1-7H3,(H2,42,56)(H,43,59)(H,44,58)(H,45,57)(H,46,60)(H,47,51)(H,48,61)(H,52,53)(H,54,55)/t24-,26+,27?,28+,29-,34+,35+/m1/s1. The third kappa shape index (κ3) is 20.9. The summed E-state index contributed by atoms with van der Waals surface area (Å²) in [7, 11) is 0. The first-order valence-electron chi connectivity index (χ1n) is 20.3. The second-order valence-electron chi connectivity index (χ2n) is 16.2. The maximum absolute atomic E-state index is 14.0. The summed E-state index contributed by atoms with van der Waals surface area (Å²) in [5.41, 5.74) is 6.19. The molecule has 1 rings (SSSR count). The molecule has 1 unspecified atom stereocenters. The van der Waals surface area contributed by atoms with Crippen molar-refractivity contribution < 1.29 is 68.0 Å². The van der Waals surface area contributed by atoms with Crippen LogP contribution >= 0.6 is 0 Å². The van der Waals surface area contributed by atoms with Gasteiger partial charge in [0.05, 0.1) is 30.9 Å². The Bertz CT molecular complexity index is 1720. The molecule has 1 aromatic carbocycles. The predicted octanol–water partition coefficient (Wildman–Crippen LogP) is -0.134. The Morgan fingerprint density at radius 1 is 0.629 bits per heavy atom. The Kier molecular flexibility index (Phi) is 23.4. The van der Waals surface area contributed by atoms with Gasteiger partial charge in [0.15, 0.2) is 5.78 Å². The monoisotopic (exact) mass is 877 g/mol. The summed E-state index contributed by atoms with van der Waals surface area (Å²) < 4.78 is 5.16. The molecular formula is C41H63N7O14. The third-order valence-electron chi connectivity index (χ3n) is 9.21. The minimum Gasteiger partial charge on any atom is -0.481 e. The lowest BCUT2D eigenvalue weighted by atomic mass is 9.92. The number of carboxylic acids is 2. The van der Waals surface area contributed by atoms with Crippen molar-refractivity contribution in [1.82, 2.24) is 31.9 Å². The summed E-state index contributed by atoms with van der Waals surface area (Å²) in [6, 6.07) is 1.42. The minimum atomic E-state index is -1.77. The van der Waals surface area contributed by atoms with Crippen LogP contribution in [0.25, 0.3) is 0 Å². The maximum atomic E-state index is 14.0. The zero-order chi connectivity index (χ0) is 47.3. The number of hydrogen-bond acceptors (Lipinski definition) is 12. The number of carbonyl (C=O) groups is 10. The van der Waals surface area contributed by atoms with E-state index in [0.717, 1.165) is 0 Å². The van der Waals surface area contributed by atoms with Gasteiger partial charge in [-0.15, -0.1) is 0 Å². The van der Waals surface area contributed by atoms with E-state index in [0.29, 0.717) is 5.56 Å². The second-order valence-corrected chi connectivity index (χ2v) is 16.2. The number of carbonyl (C=O) groups excluding carboxylic acids is 8. The van der Waals surface area contributed by atoms with E-state index in [2.05, 4.69) is 31.9 Å². The molecule has 346 valence electrons. The van der Waals surface area contributed by atoms with Crippen molar-refractivity contribution in [2.24, 2.45) is 29.4 Å². The molecule has 0 heterocycles. The van der Waals surface area contributed by atoms with Crippen LogP contribution in [0.5, 0.6) is 0 Å². The van der Waals surface area contributed by atoms with Gasteiger partial charge >= 0.3 is 18.0 Å². The Hall–Kier alpha value is -6.12. The number of amides is 7. The molecule has 0 aliphatic rings. The van der Waals surface area contributed by atoms with Gasteiger partial charge in [0.25, 0.3) is 0 Å². The maximum Gasteiger partial charge on any atom is 0.408 e. The molecule has 11 N–H and O–H groups in total. The fraction of sp³-hybridized carbons (Fsp3) is 0.610. The molecule has 0 bridgehead atoms. The number of ether oxygens (including phenoxy) is 1. The zero-order valence-electron chi connectivity index (χ0n) is 36.2. The largest absolute Gasteiger partial charge is 0.481 e. The SMILES string of the molecule is CC(C)CC(NC(=O)[C@@H](CC(=O)O)NC(=O)[C@@H](NC(=O)CCC(=O)O)C(C)C)C(=O)C[C@@H](CNC(=O)[C@@H](NC(=O)OCc1ccccc1)[C@@H](C)O)C(=O)N[C@@H](CC(C)C)C(N)=O. The van der Waals surface area contributed by atoms with Gasteiger partial charge in [-0.2, -0.15) is 0 Å². The quantitative estimate of drug-likeness (QED) is 0.0524. The van der Waals surface area contributed by atoms with Crippen LogP contribution in [0.4, 0.5) is 4.79 Å². The van der Waals surface area contributed by atoms with Crippen molar-refractivity contribution in [2.75, 3.05) is 6.54 Å². The van der Waals surface area contributed by atoms with Gasteiger partial charge in [-0.3, -0.25) is 43.2 Å². The normalized spacial score (nSPS) is 14.5. The lowest BCUT2D eigenvalue weighted by Crippen LogP contribution is -2.57. The molecule has 21 heteroatoms. The average molecular weight is 878 g/mol. The van der Waals surface area contributed by atoms with Gasteiger partial charge in [0.1, 0.15) is 30.8 Å². The van der Waals surface area contributed by atoms with Gasteiger partial charge in [-0.25, -0.2) is 4.79 Å². The molecule has 0 aliphatic carbocycles. The summed E-state index contributed by atoms with van der Waals surface area (Å²) in [4.78, 5) is 128. The average Bonchev–Trinajstić information content (AvgIpc) is 3.17. The fourth-order valence-electron chi connectivity index (χ4n) is 5.94. The number of ketones is 1. The molecule has 0 saturated carbocycles. The van der Waals surface area contributed by atoms with E-state index in [9.17, 15) is 58.2 Å². The fourth-order valence-corrected chi connectivity index (χ4v) is 5.94. The van der Waals surface area contributed by atoms with E-state index in [-0.39, 0.29) is 31.3 Å². The molecule has 0 radical (unpaired) electrons. The van der Waals surface area contributed by atoms with Gasteiger partial charge in [0, 0.05) is 19.4 Å². The number of aliphatic hydroxyl groups excluding tert-OH is 1. The van der Waals surface area contributed by atoms with Gasteiger partial charge < -0.3 is 57.7 Å². The summed E-state index contributed by atoms with van der Waals surface area (Å²) >= 11 is 0. The number of alkyl carbamates (subject to hydrolysis) is 1. The Morgan fingerprint density at radius 3 is 1.71 bits per heavy atom. The van der Waals surface area contributed by atoms with E-state index in [4.69, 9.17) is 15.6 Å². The first-order valence-corrected chi connectivity index (χ1v) is 20.3. The number of primary amides is 1. The van der Waals surface area contributed by atoms with Crippen LogP contribution in [0.2, 0.25) is 0 Å². The van der Waals surface area contributed by atoms with Crippen molar-refractivity contribution in [2.45, 2.75) is 130 Å². The van der Waals surface area contributed by atoms with E-state index in [1.807, 2.05) is 0 Å². The van der Waals surface area contributed by atoms with Crippen LogP contribution in [0, 0.1) is 23.7 Å². The molecule has 0 fully saturated rings. The minimum absolute atomic E-state index is 0.0381. The smallest absolute Gasteiger partial charge is 0.408 e. The molecule has 0 saturated heterocycles. The van der Waals surface area contributed by atoms with Crippen molar-refractivity contribution >= 4 is 59.3 Å². The molecular weight excluding hydrogens is 814 g/mol. The lowest BCUT2D eigenvalue weighted by Gasteiger charge is -2.28. The number of nitrogens with two attached hydrogens (primary N) is 1. The molecule has 0 spiro atoms. The molecule has 0 aliphatic heterocycles. The highest BCUT2D eigenvalue weighted by molar-refractivity contribution is 5.98. The first-order chi connectivity index (χ1) is 28.9. The number of Topliss-reactive ketones (excluding diaryl/α,β-unsaturated/α-hetero) is 1. The third-order valence-corrected chi connectivity index (χ3v) is 9.21. The highest BCUT2D eigenvalue weighted by Crippen LogP contribution is 2.15. The number of carboxylic acid groups (broad SMARTS) is 2. The Labute approximate surface area is 360 Å². The van der Waals surface area contributed by atoms with E-state index < -0.39 is 140 Å². The number of benzene rings is 1. The molecule has 62 heavy (non-hydrogen) atoms. The first kappa shape index (κ1) is 53.9. The van der Waals surface area contributed by atoms with Gasteiger partial charge in [0.2, 0.25) is 35.4 Å². The topological polar surface area (TPSA) is 339 Å². The summed E-state index contributed by atoms with van der Waals surface area (Å²) in [6.07, 6.45) is -5.00. The molecule has 7 amide bonds. The number of rotatable bonds is 28. The number of aliphatic hydroxyl groups is 1. The zero-order valence-corrected chi connectivity index (χ0v) is 36.2. The second kappa shape index (κ2) is 27.0. The lowest BCUT2D eigenvalue weighted by molar-refractivity contribution is -0.141. The molecule has 21 nitrogen and oxygen atoms in total. The number of nitrogens with one attached hydrogen (secondary N) is 6. The summed E-state index contributed by atoms with van der Waals surface area (Å²) in [6.45, 7) is 10.6. The van der Waals surface area contributed by atoms with E-state index >= 15 is 0 Å². The summed E-state index contributed by atoms with van der Waals surface area (Å²) in [5, 5.41) is 43.3. The van der Waals surface area contributed by atoms with Crippen LogP contribution in [0.15, 0.2) is 30.3 Å². The van der Waals surface area contributed by atoms with Gasteiger partial charge in [-0.05, 0) is 43.1 Å². The van der Waals surface area contributed by atoms with Crippen molar-refractivity contribution in [3.8, 4) is 0 Å². The molecule has 0 aromatic heterocycles. The molecule has 1 aromatic rings.